The lowest BCUT2D eigenvalue weighted by Crippen LogP contribution is -2.13. The van der Waals surface area contributed by atoms with Crippen LogP contribution >= 0.6 is 0 Å². The van der Waals surface area contributed by atoms with Gasteiger partial charge < -0.3 is 9.30 Å². The number of hydrogen-bond donors (Lipinski definition) is 1. The molecule has 4 aromatic rings. The number of benzene rings is 2. The average molecular weight is 385 g/mol. The number of nitrogens with two attached hydrogens (primary N) is 1. The van der Waals surface area contributed by atoms with Crippen LogP contribution in [0.25, 0.3) is 21.9 Å². The lowest BCUT2D eigenvalue weighted by molar-refractivity contribution is 0.415. The third-order valence-corrected chi connectivity index (χ3v) is 5.42. The van der Waals surface area contributed by atoms with Gasteiger partial charge in [-0.3, -0.25) is 4.98 Å². The van der Waals surface area contributed by atoms with Gasteiger partial charge in [0.25, 0.3) is 0 Å². The van der Waals surface area contributed by atoms with Crippen molar-refractivity contribution in [1.29, 1.82) is 0 Å². The van der Waals surface area contributed by atoms with Crippen molar-refractivity contribution in [2.75, 3.05) is 7.11 Å². The monoisotopic (exact) mass is 385 g/mol. The highest BCUT2D eigenvalue weighted by Crippen LogP contribution is 2.31. The van der Waals surface area contributed by atoms with E-state index in [4.69, 9.17) is 9.88 Å². The van der Waals surface area contributed by atoms with Crippen molar-refractivity contribution in [3.05, 3.63) is 66.1 Å². The molecule has 2 heterocycles. The Kier molecular flexibility index (Phi) is 4.09. The van der Waals surface area contributed by atoms with Gasteiger partial charge in [0.05, 0.1) is 35.1 Å². The molecule has 8 heteroatoms. The molecule has 0 aliphatic rings. The Morgan fingerprint density at radius 3 is 2.67 bits per heavy atom. The summed E-state index contributed by atoms with van der Waals surface area (Å²) in [6.45, 7) is 0.217. The van der Waals surface area contributed by atoms with Gasteiger partial charge in [0.1, 0.15) is 11.6 Å². The molecule has 0 aliphatic carbocycles. The minimum Gasteiger partial charge on any atom is -0.497 e. The SMILES string of the molecule is COc1ccc2c(c1)c1ncccc1n2Cc1ccc(S(N)(=O)=O)cc1F. The summed E-state index contributed by atoms with van der Waals surface area (Å²) in [4.78, 5) is 4.20. The van der Waals surface area contributed by atoms with E-state index in [9.17, 15) is 12.8 Å². The first-order chi connectivity index (χ1) is 12.9. The maximum atomic E-state index is 14.5. The highest BCUT2D eigenvalue weighted by molar-refractivity contribution is 7.89. The topological polar surface area (TPSA) is 87.2 Å². The van der Waals surface area contributed by atoms with Crippen molar-refractivity contribution >= 4 is 32.0 Å². The van der Waals surface area contributed by atoms with Gasteiger partial charge in [-0.2, -0.15) is 0 Å². The second kappa shape index (κ2) is 6.33. The van der Waals surface area contributed by atoms with E-state index in [0.29, 0.717) is 11.3 Å². The number of nitrogens with zero attached hydrogens (tertiary/aromatic N) is 2. The van der Waals surface area contributed by atoms with Crippen LogP contribution in [0, 0.1) is 5.82 Å². The van der Waals surface area contributed by atoms with Crippen LogP contribution in [0.1, 0.15) is 5.56 Å². The maximum Gasteiger partial charge on any atom is 0.238 e. The first-order valence-corrected chi connectivity index (χ1v) is 9.65. The Labute approximate surface area is 155 Å². The fourth-order valence-electron chi connectivity index (χ4n) is 3.19. The van der Waals surface area contributed by atoms with Crippen LogP contribution < -0.4 is 9.88 Å². The zero-order valence-electron chi connectivity index (χ0n) is 14.4. The van der Waals surface area contributed by atoms with Crippen molar-refractivity contribution in [2.24, 2.45) is 5.14 Å². The van der Waals surface area contributed by atoms with E-state index < -0.39 is 15.8 Å². The molecular weight excluding hydrogens is 369 g/mol. The van der Waals surface area contributed by atoms with Gasteiger partial charge >= 0.3 is 0 Å². The van der Waals surface area contributed by atoms with E-state index in [1.54, 1.807) is 13.3 Å². The van der Waals surface area contributed by atoms with Crippen molar-refractivity contribution in [1.82, 2.24) is 9.55 Å². The van der Waals surface area contributed by atoms with E-state index in [2.05, 4.69) is 4.98 Å². The standard InChI is InChI=1S/C19H16FN3O3S/c1-26-13-5-7-17-15(9-13)19-18(3-2-8-22-19)23(17)11-12-4-6-14(10-16(12)20)27(21,24)25/h2-10H,11H2,1H3,(H2,21,24,25). The number of methoxy groups -OCH3 is 1. The first kappa shape index (κ1) is 17.4. The molecule has 4 rings (SSSR count). The fourth-order valence-corrected chi connectivity index (χ4v) is 3.72. The normalized spacial score (nSPS) is 12.0. The summed E-state index contributed by atoms with van der Waals surface area (Å²) in [7, 11) is -2.36. The number of rotatable bonds is 4. The van der Waals surface area contributed by atoms with Crippen LogP contribution in [-0.4, -0.2) is 25.1 Å². The molecule has 0 fully saturated rings. The van der Waals surface area contributed by atoms with Gasteiger partial charge in [-0.05, 0) is 42.5 Å². The molecule has 0 aliphatic heterocycles. The first-order valence-electron chi connectivity index (χ1n) is 8.10. The Hall–Kier alpha value is -2.97. The number of halogens is 1. The molecule has 0 amide bonds. The van der Waals surface area contributed by atoms with E-state index in [1.807, 2.05) is 34.9 Å². The van der Waals surface area contributed by atoms with Crippen LogP contribution in [0.15, 0.2) is 59.6 Å². The highest BCUT2D eigenvalue weighted by atomic mass is 32.2. The number of hydrogen-bond acceptors (Lipinski definition) is 4. The molecule has 27 heavy (non-hydrogen) atoms. The van der Waals surface area contributed by atoms with Crippen molar-refractivity contribution in [3.8, 4) is 5.75 Å². The number of pyridine rings is 1. The fraction of sp³-hybridized carbons (Fsp3) is 0.105. The zero-order chi connectivity index (χ0) is 19.2. The van der Waals surface area contributed by atoms with Gasteiger partial charge in [-0.1, -0.05) is 6.07 Å². The Bertz CT molecular complexity index is 1280. The lowest BCUT2D eigenvalue weighted by Gasteiger charge is -2.10. The molecule has 2 aromatic carbocycles. The van der Waals surface area contributed by atoms with Crippen LogP contribution in [0.4, 0.5) is 4.39 Å². The van der Waals surface area contributed by atoms with Crippen LogP contribution in [-0.2, 0) is 16.6 Å². The lowest BCUT2D eigenvalue weighted by atomic mass is 10.2. The number of primary sulfonamides is 1. The summed E-state index contributed by atoms with van der Waals surface area (Å²) in [6.07, 6.45) is 1.70. The Morgan fingerprint density at radius 1 is 1.15 bits per heavy atom. The van der Waals surface area contributed by atoms with Gasteiger partial charge in [0, 0.05) is 17.1 Å². The number of sulfonamides is 1. The number of aromatic nitrogens is 2. The summed E-state index contributed by atoms with van der Waals surface area (Å²) in [5.74, 6) is 0.0739. The molecule has 0 saturated heterocycles. The number of fused-ring (bicyclic) bond motifs is 3. The summed E-state index contributed by atoms with van der Waals surface area (Å²) in [5.41, 5.74) is 2.85. The third kappa shape index (κ3) is 3.02. The van der Waals surface area contributed by atoms with Crippen LogP contribution in [0.2, 0.25) is 0 Å². The van der Waals surface area contributed by atoms with E-state index in [-0.39, 0.29) is 11.4 Å². The average Bonchev–Trinajstić information content (AvgIpc) is 2.96. The molecule has 6 nitrogen and oxygen atoms in total. The molecule has 0 spiro atoms. The second-order valence-electron chi connectivity index (χ2n) is 6.14. The van der Waals surface area contributed by atoms with Crippen molar-refractivity contribution < 1.29 is 17.5 Å². The quantitative estimate of drug-likeness (QED) is 0.585. The van der Waals surface area contributed by atoms with Crippen LogP contribution in [0.3, 0.4) is 0 Å². The molecule has 0 saturated carbocycles. The highest BCUT2D eigenvalue weighted by Gasteiger charge is 2.16. The van der Waals surface area contributed by atoms with E-state index >= 15 is 0 Å². The molecule has 0 bridgehead atoms. The van der Waals surface area contributed by atoms with Crippen molar-refractivity contribution in [3.63, 3.8) is 0 Å². The predicted octanol–water partition coefficient (Wildman–Crippen LogP) is 3.03. The second-order valence-corrected chi connectivity index (χ2v) is 7.70. The third-order valence-electron chi connectivity index (χ3n) is 4.51. The van der Waals surface area contributed by atoms with Gasteiger partial charge in [0.15, 0.2) is 0 Å². The molecule has 2 N–H and O–H groups in total. The van der Waals surface area contributed by atoms with Crippen molar-refractivity contribution in [2.45, 2.75) is 11.4 Å². The minimum absolute atomic E-state index is 0.217. The Morgan fingerprint density at radius 2 is 1.96 bits per heavy atom. The minimum atomic E-state index is -3.95. The maximum absolute atomic E-state index is 14.5. The molecule has 2 aromatic heterocycles. The molecule has 138 valence electrons. The molecule has 0 radical (unpaired) electrons. The predicted molar refractivity (Wildman–Crippen MR) is 101 cm³/mol. The summed E-state index contributed by atoms with van der Waals surface area (Å²) < 4.78 is 44.6. The smallest absolute Gasteiger partial charge is 0.238 e. The molecule has 0 atom stereocenters. The van der Waals surface area contributed by atoms with Gasteiger partial charge in [-0.25, -0.2) is 17.9 Å². The van der Waals surface area contributed by atoms with Gasteiger partial charge in [0.2, 0.25) is 10.0 Å². The summed E-state index contributed by atoms with van der Waals surface area (Å²) in [5, 5.41) is 5.96. The largest absolute Gasteiger partial charge is 0.497 e. The van der Waals surface area contributed by atoms with Crippen LogP contribution in [0.5, 0.6) is 5.75 Å². The summed E-state index contributed by atoms with van der Waals surface area (Å²) >= 11 is 0. The van der Waals surface area contributed by atoms with Gasteiger partial charge in [-0.15, -0.1) is 0 Å². The van der Waals surface area contributed by atoms with E-state index in [0.717, 1.165) is 28.0 Å². The zero-order valence-corrected chi connectivity index (χ0v) is 15.2. The number of ether oxygens (including phenoxy) is 1. The van der Waals surface area contributed by atoms with E-state index in [1.165, 1.54) is 12.1 Å². The molecule has 0 unspecified atom stereocenters. The summed E-state index contributed by atoms with van der Waals surface area (Å²) in [6, 6.07) is 13.0. The molecular formula is C19H16FN3O3S. The Balaban J connectivity index is 1.89.